The maximum absolute atomic E-state index is 14.7. The molecule has 4 aromatic carbocycles. The van der Waals surface area contributed by atoms with Gasteiger partial charge in [0.15, 0.2) is 17.5 Å². The Balaban J connectivity index is 1.70. The fourth-order valence-electron chi connectivity index (χ4n) is 3.48. The smallest absolute Gasteiger partial charge is 0.167 e. The standard InChI is InChI=1S/C27H17BrFN3/c28-22-14-15-24(29)23(17-22)27-31-25(19-10-5-2-6-11-19)30-26(32-27)21-13-7-12-20(16-21)18-8-3-1-4-9-18/h1-17H. The van der Waals surface area contributed by atoms with Crippen LogP contribution in [-0.4, -0.2) is 15.0 Å². The molecule has 0 aliphatic carbocycles. The molecule has 0 saturated carbocycles. The van der Waals surface area contributed by atoms with E-state index in [-0.39, 0.29) is 11.6 Å². The first kappa shape index (κ1) is 20.2. The van der Waals surface area contributed by atoms with Crippen LogP contribution < -0.4 is 0 Å². The quantitative estimate of drug-likeness (QED) is 0.267. The van der Waals surface area contributed by atoms with Crippen LogP contribution in [-0.2, 0) is 0 Å². The largest absolute Gasteiger partial charge is 0.208 e. The van der Waals surface area contributed by atoms with Crippen LogP contribution in [0.4, 0.5) is 4.39 Å². The molecule has 154 valence electrons. The first-order valence-corrected chi connectivity index (χ1v) is 10.9. The minimum atomic E-state index is -0.387. The molecule has 0 saturated heterocycles. The van der Waals surface area contributed by atoms with Crippen molar-refractivity contribution in [3.05, 3.63) is 113 Å². The summed E-state index contributed by atoms with van der Waals surface area (Å²) in [5.74, 6) is 0.890. The zero-order valence-corrected chi connectivity index (χ0v) is 18.5. The Morgan fingerprint density at radius 1 is 0.500 bits per heavy atom. The Hall–Kier alpha value is -3.70. The van der Waals surface area contributed by atoms with E-state index < -0.39 is 0 Å². The Morgan fingerprint density at radius 2 is 1.06 bits per heavy atom. The third-order valence-electron chi connectivity index (χ3n) is 5.06. The van der Waals surface area contributed by atoms with E-state index in [0.717, 1.165) is 26.7 Å². The third kappa shape index (κ3) is 4.20. The van der Waals surface area contributed by atoms with Gasteiger partial charge in [0.25, 0.3) is 0 Å². The van der Waals surface area contributed by atoms with Gasteiger partial charge in [0.1, 0.15) is 5.82 Å². The van der Waals surface area contributed by atoms with Crippen molar-refractivity contribution in [3.8, 4) is 45.3 Å². The van der Waals surface area contributed by atoms with Gasteiger partial charge in [-0.2, -0.15) is 0 Å². The summed E-state index contributed by atoms with van der Waals surface area (Å²) in [5, 5.41) is 0. The second kappa shape index (κ2) is 8.81. The lowest BCUT2D eigenvalue weighted by molar-refractivity contribution is 0.629. The molecule has 0 bridgehead atoms. The molecule has 0 fully saturated rings. The fraction of sp³-hybridized carbons (Fsp3) is 0. The first-order valence-electron chi connectivity index (χ1n) is 10.1. The average molecular weight is 482 g/mol. The lowest BCUT2D eigenvalue weighted by atomic mass is 10.0. The highest BCUT2D eigenvalue weighted by atomic mass is 79.9. The highest BCUT2D eigenvalue weighted by Gasteiger charge is 2.15. The summed E-state index contributed by atoms with van der Waals surface area (Å²) in [4.78, 5) is 14.0. The van der Waals surface area contributed by atoms with Crippen molar-refractivity contribution in [3.63, 3.8) is 0 Å². The molecular formula is C27H17BrFN3. The Kier molecular flexibility index (Phi) is 5.57. The van der Waals surface area contributed by atoms with Gasteiger partial charge in [0, 0.05) is 15.6 Å². The second-order valence-electron chi connectivity index (χ2n) is 7.24. The molecule has 3 nitrogen and oxygen atoms in total. The summed E-state index contributed by atoms with van der Waals surface area (Å²) in [6, 6.07) is 32.5. The predicted molar refractivity (Wildman–Crippen MR) is 129 cm³/mol. The summed E-state index contributed by atoms with van der Waals surface area (Å²) in [7, 11) is 0. The van der Waals surface area contributed by atoms with Crippen molar-refractivity contribution in [2.45, 2.75) is 0 Å². The zero-order valence-electron chi connectivity index (χ0n) is 16.9. The van der Waals surface area contributed by atoms with Crippen LogP contribution in [0.15, 0.2) is 108 Å². The molecular weight excluding hydrogens is 465 g/mol. The van der Waals surface area contributed by atoms with Crippen LogP contribution in [0.5, 0.6) is 0 Å². The molecule has 0 atom stereocenters. The van der Waals surface area contributed by atoms with Crippen molar-refractivity contribution < 1.29 is 4.39 Å². The molecule has 0 spiro atoms. The van der Waals surface area contributed by atoms with Crippen LogP contribution in [0.3, 0.4) is 0 Å². The van der Waals surface area contributed by atoms with Crippen LogP contribution in [0.1, 0.15) is 0 Å². The fourth-order valence-corrected chi connectivity index (χ4v) is 3.84. The predicted octanol–water partition coefficient (Wildman–Crippen LogP) is 7.44. The zero-order chi connectivity index (χ0) is 21.9. The summed E-state index contributed by atoms with van der Waals surface area (Å²) in [5.41, 5.74) is 4.15. The van der Waals surface area contributed by atoms with Crippen LogP contribution in [0.2, 0.25) is 0 Å². The van der Waals surface area contributed by atoms with E-state index in [9.17, 15) is 4.39 Å². The van der Waals surface area contributed by atoms with Gasteiger partial charge in [0.05, 0.1) is 5.56 Å². The van der Waals surface area contributed by atoms with Gasteiger partial charge < -0.3 is 0 Å². The molecule has 0 radical (unpaired) electrons. The lowest BCUT2D eigenvalue weighted by Crippen LogP contribution is -2.01. The highest BCUT2D eigenvalue weighted by molar-refractivity contribution is 9.10. The molecule has 0 N–H and O–H groups in total. The molecule has 1 heterocycles. The first-order chi connectivity index (χ1) is 15.7. The van der Waals surface area contributed by atoms with Gasteiger partial charge in [-0.25, -0.2) is 19.3 Å². The van der Waals surface area contributed by atoms with Crippen LogP contribution in [0, 0.1) is 5.82 Å². The van der Waals surface area contributed by atoms with Crippen LogP contribution in [0.25, 0.3) is 45.3 Å². The topological polar surface area (TPSA) is 38.7 Å². The molecule has 5 heteroatoms. The lowest BCUT2D eigenvalue weighted by Gasteiger charge is -2.10. The van der Waals surface area contributed by atoms with E-state index in [1.807, 2.05) is 72.8 Å². The molecule has 32 heavy (non-hydrogen) atoms. The Bertz CT molecular complexity index is 1390. The minimum absolute atomic E-state index is 0.290. The molecule has 5 aromatic rings. The van der Waals surface area contributed by atoms with Gasteiger partial charge >= 0.3 is 0 Å². The summed E-state index contributed by atoms with van der Waals surface area (Å²) in [6.07, 6.45) is 0. The molecule has 5 rings (SSSR count). The summed E-state index contributed by atoms with van der Waals surface area (Å²) in [6.45, 7) is 0. The van der Waals surface area contributed by atoms with Gasteiger partial charge in [0.2, 0.25) is 0 Å². The minimum Gasteiger partial charge on any atom is -0.208 e. The normalized spacial score (nSPS) is 10.8. The van der Waals surface area contributed by atoms with Gasteiger partial charge in [-0.1, -0.05) is 94.8 Å². The van der Waals surface area contributed by atoms with Crippen molar-refractivity contribution in [1.29, 1.82) is 0 Å². The monoisotopic (exact) mass is 481 g/mol. The van der Waals surface area contributed by atoms with Gasteiger partial charge in [-0.05, 0) is 35.4 Å². The molecule has 0 aliphatic heterocycles. The average Bonchev–Trinajstić information content (AvgIpc) is 2.86. The van der Waals surface area contributed by atoms with E-state index in [4.69, 9.17) is 4.98 Å². The number of nitrogens with zero attached hydrogens (tertiary/aromatic N) is 3. The number of halogens is 2. The molecule has 0 amide bonds. The molecule has 0 aliphatic rings. The van der Waals surface area contributed by atoms with E-state index in [1.165, 1.54) is 6.07 Å². The number of rotatable bonds is 4. The summed E-state index contributed by atoms with van der Waals surface area (Å²) >= 11 is 3.42. The second-order valence-corrected chi connectivity index (χ2v) is 8.16. The summed E-state index contributed by atoms with van der Waals surface area (Å²) < 4.78 is 15.4. The van der Waals surface area contributed by atoms with Gasteiger partial charge in [-0.15, -0.1) is 0 Å². The number of aromatic nitrogens is 3. The number of hydrogen-bond donors (Lipinski definition) is 0. The van der Waals surface area contributed by atoms with Crippen molar-refractivity contribution >= 4 is 15.9 Å². The SMILES string of the molecule is Fc1ccc(Br)cc1-c1nc(-c2ccccc2)nc(-c2cccc(-c3ccccc3)c2)n1. The molecule has 1 aromatic heterocycles. The maximum Gasteiger partial charge on any atom is 0.167 e. The van der Waals surface area contributed by atoms with Gasteiger partial charge in [-0.3, -0.25) is 0 Å². The van der Waals surface area contributed by atoms with E-state index in [2.05, 4.69) is 38.0 Å². The van der Waals surface area contributed by atoms with Crippen molar-refractivity contribution in [2.75, 3.05) is 0 Å². The van der Waals surface area contributed by atoms with Crippen molar-refractivity contribution in [2.24, 2.45) is 0 Å². The Morgan fingerprint density at radius 3 is 1.78 bits per heavy atom. The third-order valence-corrected chi connectivity index (χ3v) is 5.56. The Labute approximate surface area is 193 Å². The number of benzene rings is 4. The van der Waals surface area contributed by atoms with Crippen LogP contribution >= 0.6 is 15.9 Å². The number of hydrogen-bond acceptors (Lipinski definition) is 3. The van der Waals surface area contributed by atoms with E-state index in [1.54, 1.807) is 12.1 Å². The van der Waals surface area contributed by atoms with Crippen molar-refractivity contribution in [1.82, 2.24) is 15.0 Å². The van der Waals surface area contributed by atoms with E-state index in [0.29, 0.717) is 17.2 Å². The van der Waals surface area contributed by atoms with E-state index >= 15 is 0 Å². The highest BCUT2D eigenvalue weighted by Crippen LogP contribution is 2.29. The maximum atomic E-state index is 14.7. The molecule has 0 unspecified atom stereocenters.